The van der Waals surface area contributed by atoms with Gasteiger partial charge in [0.25, 0.3) is 0 Å². The smallest absolute Gasteiger partial charge is 0.338 e. The molecule has 0 saturated heterocycles. The monoisotopic (exact) mass is 306 g/mol. The maximum atomic E-state index is 11.7. The first kappa shape index (κ1) is 13.5. The fraction of sp³-hybridized carbons (Fsp3) is 0.118. The maximum Gasteiger partial charge on any atom is 0.338 e. The third-order valence-corrected chi connectivity index (χ3v) is 3.75. The molecule has 3 aromatic heterocycles. The largest absolute Gasteiger partial charge is 0.423 e. The van der Waals surface area contributed by atoms with E-state index < -0.39 is 0 Å². The Morgan fingerprint density at radius 1 is 1.13 bits per heavy atom. The molecule has 4 rings (SSSR count). The molecule has 0 bridgehead atoms. The van der Waals surface area contributed by atoms with Crippen LogP contribution < -0.4 is 10.9 Å². The van der Waals surface area contributed by atoms with Crippen molar-refractivity contribution >= 4 is 22.3 Å². The van der Waals surface area contributed by atoms with Crippen molar-refractivity contribution in [2.45, 2.75) is 13.0 Å². The predicted octanol–water partition coefficient (Wildman–Crippen LogP) is 3.01. The number of benzene rings is 1. The molecule has 0 aliphatic carbocycles. The lowest BCUT2D eigenvalue weighted by Crippen LogP contribution is -2.12. The van der Waals surface area contributed by atoms with Gasteiger partial charge in [0.2, 0.25) is 0 Å². The summed E-state index contributed by atoms with van der Waals surface area (Å²) < 4.78 is 7.14. The van der Waals surface area contributed by atoms with E-state index in [0.29, 0.717) is 5.58 Å². The molecule has 23 heavy (non-hydrogen) atoms. The van der Waals surface area contributed by atoms with Gasteiger partial charge in [-0.05, 0) is 31.2 Å². The lowest BCUT2D eigenvalue weighted by atomic mass is 10.2. The minimum Gasteiger partial charge on any atom is -0.423 e. The lowest BCUT2D eigenvalue weighted by Gasteiger charge is -2.14. The zero-order chi connectivity index (χ0) is 15.8. The van der Waals surface area contributed by atoms with Crippen LogP contribution in [0.5, 0.6) is 0 Å². The van der Waals surface area contributed by atoms with Gasteiger partial charge in [0.1, 0.15) is 5.58 Å². The molecule has 0 aliphatic heterocycles. The van der Waals surface area contributed by atoms with E-state index in [1.54, 1.807) is 6.07 Å². The molecule has 0 fully saturated rings. The first-order valence-corrected chi connectivity index (χ1v) is 7.31. The van der Waals surface area contributed by atoms with Crippen molar-refractivity contribution in [3.05, 3.63) is 71.0 Å². The van der Waals surface area contributed by atoms with Crippen LogP contribution in [0.25, 0.3) is 16.6 Å². The molecule has 1 unspecified atom stereocenters. The summed E-state index contributed by atoms with van der Waals surface area (Å²) >= 11 is 0. The van der Waals surface area contributed by atoms with Crippen LogP contribution in [0, 0.1) is 0 Å². The number of anilines is 1. The summed E-state index contributed by atoms with van der Waals surface area (Å²) in [7, 11) is 0. The van der Waals surface area contributed by atoms with Crippen molar-refractivity contribution in [3.8, 4) is 0 Å². The number of para-hydroxylation sites is 1. The molecular weight excluding hydrogens is 292 g/mol. The van der Waals surface area contributed by atoms with Crippen molar-refractivity contribution in [2.24, 2.45) is 0 Å². The maximum absolute atomic E-state index is 11.7. The first-order chi connectivity index (χ1) is 11.2. The van der Waals surface area contributed by atoms with Gasteiger partial charge in [-0.15, -0.1) is 10.2 Å². The van der Waals surface area contributed by atoms with Crippen molar-refractivity contribution < 1.29 is 4.42 Å². The quantitative estimate of drug-likeness (QED) is 0.589. The minimum absolute atomic E-state index is 0.127. The van der Waals surface area contributed by atoms with Gasteiger partial charge in [-0.3, -0.25) is 4.40 Å². The van der Waals surface area contributed by atoms with Gasteiger partial charge < -0.3 is 9.73 Å². The number of rotatable bonds is 3. The van der Waals surface area contributed by atoms with E-state index in [4.69, 9.17) is 4.42 Å². The molecule has 1 atom stereocenters. The van der Waals surface area contributed by atoms with Crippen LogP contribution in [-0.2, 0) is 0 Å². The molecule has 1 N–H and O–H groups in total. The average Bonchev–Trinajstić information content (AvgIpc) is 2.99. The first-order valence-electron chi connectivity index (χ1n) is 7.31. The Labute approximate surface area is 131 Å². The number of nitrogens with one attached hydrogen (secondary N) is 1. The number of aromatic nitrogens is 3. The molecule has 0 saturated carbocycles. The highest BCUT2D eigenvalue weighted by atomic mass is 16.4. The Kier molecular flexibility index (Phi) is 3.08. The van der Waals surface area contributed by atoms with E-state index in [1.165, 1.54) is 6.07 Å². The molecule has 3 heterocycles. The molecule has 6 heteroatoms. The normalized spacial score (nSPS) is 12.6. The highest BCUT2D eigenvalue weighted by Gasteiger charge is 2.15. The molecule has 6 nitrogen and oxygen atoms in total. The van der Waals surface area contributed by atoms with E-state index in [0.717, 1.165) is 22.5 Å². The van der Waals surface area contributed by atoms with Gasteiger partial charge in [-0.25, -0.2) is 4.79 Å². The summed E-state index contributed by atoms with van der Waals surface area (Å²) in [6.07, 6.45) is 1.92. The van der Waals surface area contributed by atoms with Crippen molar-refractivity contribution in [1.82, 2.24) is 14.6 Å². The molecule has 1 aromatic carbocycles. The summed E-state index contributed by atoms with van der Waals surface area (Å²) in [5.41, 5.74) is 1.68. The molecule has 4 aromatic rings. The fourth-order valence-electron chi connectivity index (χ4n) is 2.68. The summed E-state index contributed by atoms with van der Waals surface area (Å²) in [4.78, 5) is 11.7. The number of hydrogen-bond donors (Lipinski definition) is 1. The summed E-state index contributed by atoms with van der Waals surface area (Å²) in [6.45, 7) is 1.98. The second-order valence-electron chi connectivity index (χ2n) is 5.33. The summed E-state index contributed by atoms with van der Waals surface area (Å²) in [5.74, 6) is 0.776. The zero-order valence-corrected chi connectivity index (χ0v) is 12.4. The second-order valence-corrected chi connectivity index (χ2v) is 5.33. The Hall–Kier alpha value is -3.15. The molecule has 0 aliphatic rings. The lowest BCUT2D eigenvalue weighted by molar-refractivity contribution is 0.561. The van der Waals surface area contributed by atoms with Gasteiger partial charge in [0, 0.05) is 17.6 Å². The van der Waals surface area contributed by atoms with E-state index in [2.05, 4.69) is 15.5 Å². The van der Waals surface area contributed by atoms with Crippen LogP contribution in [0.15, 0.2) is 63.9 Å². The highest BCUT2D eigenvalue weighted by molar-refractivity contribution is 5.89. The van der Waals surface area contributed by atoms with Gasteiger partial charge in [0.05, 0.1) is 11.7 Å². The molecule has 114 valence electrons. The van der Waals surface area contributed by atoms with Crippen LogP contribution in [0.4, 0.5) is 5.69 Å². The summed E-state index contributed by atoms with van der Waals surface area (Å²) in [5, 5.41) is 12.6. The number of hydrogen-bond acceptors (Lipinski definition) is 5. The van der Waals surface area contributed by atoms with Crippen molar-refractivity contribution in [2.75, 3.05) is 5.32 Å². The average molecular weight is 306 g/mol. The molecule has 0 radical (unpaired) electrons. The molecule has 0 amide bonds. The Balaban J connectivity index is 1.77. The fourth-order valence-corrected chi connectivity index (χ4v) is 2.68. The number of nitrogens with zero attached hydrogens (tertiary/aromatic N) is 3. The Bertz CT molecular complexity index is 1050. The van der Waals surface area contributed by atoms with E-state index in [1.807, 2.05) is 53.9 Å². The summed E-state index contributed by atoms with van der Waals surface area (Å²) in [6, 6.07) is 14.5. The number of fused-ring (bicyclic) bond motifs is 2. The predicted molar refractivity (Wildman–Crippen MR) is 87.5 cm³/mol. The van der Waals surface area contributed by atoms with Gasteiger partial charge in [-0.2, -0.15) is 0 Å². The zero-order valence-electron chi connectivity index (χ0n) is 12.4. The standard InChI is InChI=1S/C17H14N4O2/c1-11(17-20-19-15-8-4-5-9-21(15)17)18-13-10-16(22)23-14-7-3-2-6-12(13)14/h2-11,18H,1H3. The van der Waals surface area contributed by atoms with Gasteiger partial charge >= 0.3 is 5.63 Å². The van der Waals surface area contributed by atoms with E-state index in [9.17, 15) is 4.79 Å². The van der Waals surface area contributed by atoms with Crippen LogP contribution in [0.1, 0.15) is 18.8 Å². The van der Waals surface area contributed by atoms with E-state index >= 15 is 0 Å². The van der Waals surface area contributed by atoms with Crippen LogP contribution in [-0.4, -0.2) is 14.6 Å². The third kappa shape index (κ3) is 2.34. The topological polar surface area (TPSA) is 72.4 Å². The minimum atomic E-state index is -0.385. The van der Waals surface area contributed by atoms with Crippen LogP contribution >= 0.6 is 0 Å². The SMILES string of the molecule is CC(Nc1cc(=O)oc2ccccc12)c1nnc2ccccn12. The van der Waals surface area contributed by atoms with Crippen LogP contribution in [0.2, 0.25) is 0 Å². The molecule has 0 spiro atoms. The Morgan fingerprint density at radius 2 is 1.96 bits per heavy atom. The second kappa shape index (κ2) is 5.24. The van der Waals surface area contributed by atoms with Crippen molar-refractivity contribution in [1.29, 1.82) is 0 Å². The Morgan fingerprint density at radius 3 is 2.87 bits per heavy atom. The molecular formula is C17H14N4O2. The van der Waals surface area contributed by atoms with Gasteiger partial charge in [0.15, 0.2) is 11.5 Å². The van der Waals surface area contributed by atoms with Crippen LogP contribution in [0.3, 0.4) is 0 Å². The van der Waals surface area contributed by atoms with E-state index in [-0.39, 0.29) is 11.7 Å². The van der Waals surface area contributed by atoms with Crippen molar-refractivity contribution in [3.63, 3.8) is 0 Å². The highest BCUT2D eigenvalue weighted by Crippen LogP contribution is 2.25. The number of pyridine rings is 1. The van der Waals surface area contributed by atoms with Gasteiger partial charge in [-0.1, -0.05) is 18.2 Å². The third-order valence-electron chi connectivity index (χ3n) is 3.75.